The fourth-order valence-electron chi connectivity index (χ4n) is 6.97. The number of nitriles is 1. The van der Waals surface area contributed by atoms with Gasteiger partial charge in [0, 0.05) is 63.1 Å². The second kappa shape index (κ2) is 12.1. The minimum Gasteiger partial charge on any atom is -0.476 e. The third-order valence-corrected chi connectivity index (χ3v) is 9.31. The van der Waals surface area contributed by atoms with Crippen molar-refractivity contribution in [1.82, 2.24) is 24.8 Å². The van der Waals surface area contributed by atoms with Crippen LogP contribution in [0, 0.1) is 11.3 Å². The zero-order chi connectivity index (χ0) is 29.2. The Labute approximate surface area is 248 Å². The van der Waals surface area contributed by atoms with E-state index in [9.17, 15) is 10.1 Å². The first kappa shape index (κ1) is 28.2. The number of likely N-dealkylation sites (tertiary alicyclic amines) is 1. The molecule has 0 spiro atoms. The topological polar surface area (TPSA) is 105 Å². The van der Waals surface area contributed by atoms with Gasteiger partial charge in [-0.25, -0.2) is 15.0 Å². The van der Waals surface area contributed by atoms with Gasteiger partial charge >= 0.3 is 0 Å². The molecule has 0 aliphatic carbocycles. The fourth-order valence-corrected chi connectivity index (χ4v) is 6.97. The first-order valence-electron chi connectivity index (χ1n) is 15.2. The number of likely N-dealkylation sites (N-methyl/N-ethyl adjacent to an activating group) is 1. The molecule has 6 heterocycles. The van der Waals surface area contributed by atoms with Crippen molar-refractivity contribution in [2.45, 2.75) is 57.2 Å². The molecular weight excluding hydrogens is 530 g/mol. The highest BCUT2D eigenvalue weighted by molar-refractivity contribution is 5.87. The van der Waals surface area contributed by atoms with Crippen molar-refractivity contribution >= 4 is 23.1 Å². The highest BCUT2D eigenvalue weighted by Crippen LogP contribution is 2.38. The van der Waals surface area contributed by atoms with Crippen molar-refractivity contribution in [3.8, 4) is 11.9 Å². The van der Waals surface area contributed by atoms with Crippen molar-refractivity contribution in [3.05, 3.63) is 42.0 Å². The van der Waals surface area contributed by atoms with Crippen LogP contribution in [0.1, 0.15) is 42.6 Å². The van der Waals surface area contributed by atoms with Gasteiger partial charge in [0.2, 0.25) is 11.8 Å². The minimum atomic E-state index is -0.197. The van der Waals surface area contributed by atoms with Crippen molar-refractivity contribution in [2.75, 3.05) is 74.7 Å². The number of amides is 1. The van der Waals surface area contributed by atoms with Crippen LogP contribution in [0.15, 0.2) is 25.0 Å². The number of fused-ring (bicyclic) bond motifs is 2. The fraction of sp³-hybridized carbons (Fsp3) is 0.581. The molecule has 2 aromatic rings. The molecule has 222 valence electrons. The molecule has 2 atom stereocenters. The summed E-state index contributed by atoms with van der Waals surface area (Å²) < 4.78 is 6.40. The largest absolute Gasteiger partial charge is 0.476 e. The molecule has 6 rings (SSSR count). The molecule has 0 aromatic carbocycles. The SMILES string of the molecule is C=CC(=O)N1CCN(c2cc(OC[C@@H]3CCCN3C)nc3c2CCN(c2ncnc4c2N(C)CCC4)C3)C[C@@H]1CC#N. The molecule has 11 nitrogen and oxygen atoms in total. The maximum absolute atomic E-state index is 12.5. The molecule has 2 aromatic heterocycles. The monoisotopic (exact) mass is 571 g/mol. The molecule has 0 saturated carbocycles. The molecule has 11 heteroatoms. The van der Waals surface area contributed by atoms with E-state index in [4.69, 9.17) is 14.7 Å². The van der Waals surface area contributed by atoms with Gasteiger partial charge in [-0.1, -0.05) is 6.58 Å². The van der Waals surface area contributed by atoms with Gasteiger partial charge in [0.25, 0.3) is 0 Å². The lowest BCUT2D eigenvalue weighted by atomic mass is 9.99. The van der Waals surface area contributed by atoms with E-state index in [2.05, 4.69) is 57.4 Å². The molecule has 4 aliphatic rings. The number of ether oxygens (including phenoxy) is 1. The Bertz CT molecular complexity index is 1370. The van der Waals surface area contributed by atoms with Crippen molar-refractivity contribution in [2.24, 2.45) is 0 Å². The Balaban J connectivity index is 1.32. The molecule has 1 amide bonds. The number of carbonyl (C=O) groups excluding carboxylic acids is 1. The Morgan fingerprint density at radius 3 is 2.76 bits per heavy atom. The van der Waals surface area contributed by atoms with Gasteiger partial charge < -0.3 is 29.2 Å². The van der Waals surface area contributed by atoms with Gasteiger partial charge in [-0.05, 0) is 51.8 Å². The molecule has 0 unspecified atom stereocenters. The first-order valence-corrected chi connectivity index (χ1v) is 15.2. The van der Waals surface area contributed by atoms with E-state index >= 15 is 0 Å². The zero-order valence-corrected chi connectivity index (χ0v) is 24.8. The third-order valence-electron chi connectivity index (χ3n) is 9.31. The number of anilines is 3. The second-order valence-electron chi connectivity index (χ2n) is 11.9. The summed E-state index contributed by atoms with van der Waals surface area (Å²) in [6.45, 7) is 9.63. The maximum atomic E-state index is 12.5. The zero-order valence-electron chi connectivity index (χ0n) is 24.8. The highest BCUT2D eigenvalue weighted by atomic mass is 16.5. The summed E-state index contributed by atoms with van der Waals surface area (Å²) in [5, 5.41) is 9.53. The van der Waals surface area contributed by atoms with Gasteiger partial charge in [-0.15, -0.1) is 0 Å². The molecule has 42 heavy (non-hydrogen) atoms. The molecule has 0 radical (unpaired) electrons. The second-order valence-corrected chi connectivity index (χ2v) is 11.9. The van der Waals surface area contributed by atoms with Gasteiger partial charge in [0.15, 0.2) is 5.82 Å². The van der Waals surface area contributed by atoms with Gasteiger partial charge in [0.1, 0.15) is 18.6 Å². The summed E-state index contributed by atoms with van der Waals surface area (Å²) >= 11 is 0. The van der Waals surface area contributed by atoms with Crippen molar-refractivity contribution in [1.29, 1.82) is 5.26 Å². The van der Waals surface area contributed by atoms with Gasteiger partial charge in [-0.2, -0.15) is 5.26 Å². The number of piperazine rings is 1. The highest BCUT2D eigenvalue weighted by Gasteiger charge is 2.34. The summed E-state index contributed by atoms with van der Waals surface area (Å²) in [5.74, 6) is 1.49. The third kappa shape index (κ3) is 5.48. The Kier molecular flexibility index (Phi) is 8.16. The van der Waals surface area contributed by atoms with Crippen LogP contribution in [0.3, 0.4) is 0 Å². The number of nitrogens with zero attached hydrogens (tertiary/aromatic N) is 9. The Hall–Kier alpha value is -3.91. The summed E-state index contributed by atoms with van der Waals surface area (Å²) in [7, 11) is 4.28. The van der Waals surface area contributed by atoms with Crippen LogP contribution in [0.4, 0.5) is 17.2 Å². The van der Waals surface area contributed by atoms with Crippen LogP contribution in [0.2, 0.25) is 0 Å². The number of aromatic nitrogens is 3. The van der Waals surface area contributed by atoms with Crippen LogP contribution in [0.25, 0.3) is 0 Å². The van der Waals surface area contributed by atoms with E-state index in [1.54, 1.807) is 11.2 Å². The van der Waals surface area contributed by atoms with E-state index in [0.717, 1.165) is 73.9 Å². The molecule has 2 fully saturated rings. The van der Waals surface area contributed by atoms with Crippen LogP contribution in [-0.2, 0) is 24.2 Å². The molecule has 2 saturated heterocycles. The van der Waals surface area contributed by atoms with E-state index in [0.29, 0.717) is 44.7 Å². The predicted octanol–water partition coefficient (Wildman–Crippen LogP) is 2.41. The average molecular weight is 572 g/mol. The molecule has 0 N–H and O–H groups in total. The minimum absolute atomic E-state index is 0.120. The summed E-state index contributed by atoms with van der Waals surface area (Å²) in [6.07, 6.45) is 8.53. The number of hydrogen-bond donors (Lipinski definition) is 0. The summed E-state index contributed by atoms with van der Waals surface area (Å²) in [4.78, 5) is 38.0. The van der Waals surface area contributed by atoms with Crippen LogP contribution in [0.5, 0.6) is 5.88 Å². The lowest BCUT2D eigenvalue weighted by Gasteiger charge is -2.43. The van der Waals surface area contributed by atoms with Gasteiger partial charge in [0.05, 0.1) is 36.5 Å². The van der Waals surface area contributed by atoms with E-state index in [1.165, 1.54) is 18.1 Å². The lowest BCUT2D eigenvalue weighted by Crippen LogP contribution is -2.55. The quantitative estimate of drug-likeness (QED) is 0.460. The van der Waals surface area contributed by atoms with Gasteiger partial charge in [-0.3, -0.25) is 4.79 Å². The van der Waals surface area contributed by atoms with E-state index < -0.39 is 0 Å². The number of pyridine rings is 1. The number of rotatable bonds is 7. The molecule has 4 aliphatic heterocycles. The van der Waals surface area contributed by atoms with Crippen LogP contribution in [-0.4, -0.2) is 103 Å². The smallest absolute Gasteiger partial charge is 0.246 e. The van der Waals surface area contributed by atoms with E-state index in [1.807, 2.05) is 0 Å². The van der Waals surface area contributed by atoms with Crippen molar-refractivity contribution in [3.63, 3.8) is 0 Å². The summed E-state index contributed by atoms with van der Waals surface area (Å²) in [6, 6.07) is 4.55. The molecular formula is C31H41N9O2. The van der Waals surface area contributed by atoms with Crippen molar-refractivity contribution < 1.29 is 9.53 Å². The standard InChI is InChI=1S/C31H41N9O2/c1-4-29(41)40-16-15-38(18-22(40)9-11-32)27-17-28(42-20-23-7-5-12-36(23)2)35-26-19-39(14-10-24(26)27)31-30-25(33-21-34-31)8-6-13-37(30)3/h4,17,21-23H,1,5-10,12-16,18-20H2,2-3H3/t22-,23-/m0/s1. The average Bonchev–Trinajstić information content (AvgIpc) is 3.43. The Morgan fingerprint density at radius 1 is 1.10 bits per heavy atom. The van der Waals surface area contributed by atoms with Crippen LogP contribution >= 0.6 is 0 Å². The summed E-state index contributed by atoms with van der Waals surface area (Å²) in [5.41, 5.74) is 5.56. The first-order chi connectivity index (χ1) is 20.5. The normalized spacial score (nSPS) is 22.4. The van der Waals surface area contributed by atoms with E-state index in [-0.39, 0.29) is 18.4 Å². The number of hydrogen-bond acceptors (Lipinski definition) is 10. The predicted molar refractivity (Wildman–Crippen MR) is 162 cm³/mol. The number of aryl methyl sites for hydroxylation is 1. The molecule has 0 bridgehead atoms. The van der Waals surface area contributed by atoms with Crippen LogP contribution < -0.4 is 19.4 Å². The lowest BCUT2D eigenvalue weighted by molar-refractivity contribution is -0.128. The Morgan fingerprint density at radius 2 is 1.98 bits per heavy atom. The maximum Gasteiger partial charge on any atom is 0.246 e. The number of carbonyl (C=O) groups is 1.